The summed E-state index contributed by atoms with van der Waals surface area (Å²) in [4.78, 5) is 18.5. The molecule has 0 spiro atoms. The fourth-order valence-electron chi connectivity index (χ4n) is 2.76. The highest BCUT2D eigenvalue weighted by Gasteiger charge is 2.26. The fourth-order valence-corrected chi connectivity index (χ4v) is 3.01. The van der Waals surface area contributed by atoms with Gasteiger partial charge >= 0.3 is 0 Å². The van der Waals surface area contributed by atoms with Crippen molar-refractivity contribution in [2.24, 2.45) is 11.8 Å². The minimum Gasteiger partial charge on any atom is -0.338 e. The van der Waals surface area contributed by atoms with Gasteiger partial charge in [-0.3, -0.25) is 4.79 Å². The zero-order valence-corrected chi connectivity index (χ0v) is 11.9. The van der Waals surface area contributed by atoms with Crippen molar-refractivity contribution in [2.75, 3.05) is 13.1 Å². The van der Waals surface area contributed by atoms with E-state index >= 15 is 0 Å². The Morgan fingerprint density at radius 3 is 2.50 bits per heavy atom. The summed E-state index contributed by atoms with van der Waals surface area (Å²) in [6, 6.07) is 3.46. The molecular formula is C14H19ClN2O. The van der Waals surface area contributed by atoms with Gasteiger partial charge in [0.15, 0.2) is 0 Å². The van der Waals surface area contributed by atoms with E-state index in [1.165, 1.54) is 6.42 Å². The van der Waals surface area contributed by atoms with Crippen molar-refractivity contribution in [2.45, 2.75) is 27.2 Å². The molecule has 18 heavy (non-hydrogen) atoms. The highest BCUT2D eigenvalue weighted by Crippen LogP contribution is 2.23. The van der Waals surface area contributed by atoms with Crippen LogP contribution < -0.4 is 0 Å². The number of aryl methyl sites for hydroxylation is 1. The molecule has 0 saturated carbocycles. The predicted molar refractivity (Wildman–Crippen MR) is 72.8 cm³/mol. The zero-order chi connectivity index (χ0) is 13.3. The van der Waals surface area contributed by atoms with Crippen LogP contribution in [0.1, 0.15) is 36.3 Å². The van der Waals surface area contributed by atoms with Gasteiger partial charge in [-0.1, -0.05) is 25.4 Å². The van der Waals surface area contributed by atoms with Gasteiger partial charge < -0.3 is 4.90 Å². The Labute approximate surface area is 113 Å². The molecule has 98 valence electrons. The van der Waals surface area contributed by atoms with Crippen molar-refractivity contribution in [3.05, 3.63) is 28.5 Å². The number of halogens is 1. The van der Waals surface area contributed by atoms with E-state index in [2.05, 4.69) is 18.8 Å². The van der Waals surface area contributed by atoms with Crippen LogP contribution in [0.5, 0.6) is 0 Å². The molecule has 2 atom stereocenters. The van der Waals surface area contributed by atoms with Crippen molar-refractivity contribution in [3.8, 4) is 0 Å². The summed E-state index contributed by atoms with van der Waals surface area (Å²) in [5, 5.41) is 0.386. The van der Waals surface area contributed by atoms with Crippen molar-refractivity contribution in [1.82, 2.24) is 9.88 Å². The lowest BCUT2D eigenvalue weighted by Gasteiger charge is -2.35. The van der Waals surface area contributed by atoms with Crippen LogP contribution >= 0.6 is 11.6 Å². The Morgan fingerprint density at radius 1 is 1.33 bits per heavy atom. The molecule has 1 aliphatic heterocycles. The van der Waals surface area contributed by atoms with E-state index in [9.17, 15) is 4.79 Å². The molecule has 0 radical (unpaired) electrons. The van der Waals surface area contributed by atoms with Gasteiger partial charge in [0.05, 0.1) is 0 Å². The van der Waals surface area contributed by atoms with Gasteiger partial charge in [-0.25, -0.2) is 4.98 Å². The number of likely N-dealkylation sites (tertiary alicyclic amines) is 1. The Kier molecular flexibility index (Phi) is 3.91. The molecule has 0 N–H and O–H groups in total. The first-order valence-corrected chi connectivity index (χ1v) is 6.77. The summed E-state index contributed by atoms with van der Waals surface area (Å²) in [7, 11) is 0. The molecule has 1 fully saturated rings. The normalized spacial score (nSPS) is 24.1. The third kappa shape index (κ3) is 3.02. The predicted octanol–water partition coefficient (Wildman–Crippen LogP) is 3.16. The van der Waals surface area contributed by atoms with Gasteiger partial charge in [0.2, 0.25) is 0 Å². The lowest BCUT2D eigenvalue weighted by molar-refractivity contribution is 0.0623. The van der Waals surface area contributed by atoms with Crippen LogP contribution in [0.4, 0.5) is 0 Å². The van der Waals surface area contributed by atoms with Crippen molar-refractivity contribution >= 4 is 17.5 Å². The van der Waals surface area contributed by atoms with E-state index < -0.39 is 0 Å². The average Bonchev–Trinajstić information content (AvgIpc) is 2.25. The average molecular weight is 267 g/mol. The van der Waals surface area contributed by atoms with Gasteiger partial charge in [-0.15, -0.1) is 0 Å². The molecule has 4 heteroatoms. The molecule has 1 aromatic heterocycles. The molecule has 2 rings (SSSR count). The van der Waals surface area contributed by atoms with Gasteiger partial charge in [-0.05, 0) is 37.3 Å². The van der Waals surface area contributed by atoms with Crippen molar-refractivity contribution in [1.29, 1.82) is 0 Å². The monoisotopic (exact) mass is 266 g/mol. The largest absolute Gasteiger partial charge is 0.338 e. The van der Waals surface area contributed by atoms with Gasteiger partial charge in [-0.2, -0.15) is 0 Å². The summed E-state index contributed by atoms with van der Waals surface area (Å²) in [6.45, 7) is 7.91. The number of aromatic nitrogens is 1. The number of hydrogen-bond acceptors (Lipinski definition) is 2. The van der Waals surface area contributed by atoms with Crippen LogP contribution in [-0.4, -0.2) is 28.9 Å². The molecule has 3 nitrogen and oxygen atoms in total. The molecule has 1 amide bonds. The second kappa shape index (κ2) is 5.27. The molecule has 1 aliphatic rings. The number of rotatable bonds is 1. The molecule has 1 saturated heterocycles. The molecule has 0 aliphatic carbocycles. The first kappa shape index (κ1) is 13.3. The Morgan fingerprint density at radius 2 is 1.94 bits per heavy atom. The molecule has 1 aromatic rings. The minimum absolute atomic E-state index is 0.0702. The van der Waals surface area contributed by atoms with Gasteiger partial charge in [0, 0.05) is 24.3 Å². The van der Waals surface area contributed by atoms with E-state index in [0.717, 1.165) is 18.8 Å². The van der Waals surface area contributed by atoms with Crippen LogP contribution in [0.2, 0.25) is 5.15 Å². The van der Waals surface area contributed by atoms with Gasteiger partial charge in [0.25, 0.3) is 5.91 Å². The van der Waals surface area contributed by atoms with Crippen LogP contribution in [0.15, 0.2) is 12.1 Å². The van der Waals surface area contributed by atoms with E-state index in [4.69, 9.17) is 11.6 Å². The Balaban J connectivity index is 2.20. The molecule has 2 heterocycles. The lowest BCUT2D eigenvalue weighted by Crippen LogP contribution is -2.42. The minimum atomic E-state index is 0.0702. The van der Waals surface area contributed by atoms with Crippen LogP contribution in [0.25, 0.3) is 0 Å². The first-order valence-electron chi connectivity index (χ1n) is 6.39. The fraction of sp³-hybridized carbons (Fsp3) is 0.571. The zero-order valence-electron chi connectivity index (χ0n) is 11.1. The summed E-state index contributed by atoms with van der Waals surface area (Å²) in [5.74, 6) is 1.20. The Bertz CT molecular complexity index is 431. The quantitative estimate of drug-likeness (QED) is 0.732. The highest BCUT2D eigenvalue weighted by molar-refractivity contribution is 6.29. The lowest BCUT2D eigenvalue weighted by atomic mass is 9.91. The first-order chi connectivity index (χ1) is 8.45. The summed E-state index contributed by atoms with van der Waals surface area (Å²) >= 11 is 5.91. The number of carbonyl (C=O) groups is 1. The number of carbonyl (C=O) groups excluding carboxylic acids is 1. The number of hydrogen-bond donors (Lipinski definition) is 0. The third-order valence-corrected chi connectivity index (χ3v) is 3.52. The van der Waals surface area contributed by atoms with E-state index in [1.807, 2.05) is 11.8 Å². The smallest absolute Gasteiger partial charge is 0.254 e. The molecule has 2 unspecified atom stereocenters. The topological polar surface area (TPSA) is 33.2 Å². The van der Waals surface area contributed by atoms with Crippen LogP contribution in [0.3, 0.4) is 0 Å². The molecule has 0 bridgehead atoms. The third-order valence-electron chi connectivity index (χ3n) is 3.33. The van der Waals surface area contributed by atoms with Crippen LogP contribution in [-0.2, 0) is 0 Å². The summed E-state index contributed by atoms with van der Waals surface area (Å²) in [6.07, 6.45) is 1.19. The standard InChI is InChI=1S/C14H19ClN2O/c1-9-4-10(2)8-17(7-9)14(18)12-5-11(3)16-13(15)6-12/h5-6,9-10H,4,7-8H2,1-3H3. The summed E-state index contributed by atoms with van der Waals surface area (Å²) < 4.78 is 0. The maximum atomic E-state index is 12.4. The van der Waals surface area contributed by atoms with Crippen molar-refractivity contribution < 1.29 is 4.79 Å². The van der Waals surface area contributed by atoms with E-state index in [0.29, 0.717) is 22.6 Å². The SMILES string of the molecule is Cc1cc(C(=O)N2CC(C)CC(C)C2)cc(Cl)n1. The highest BCUT2D eigenvalue weighted by atomic mass is 35.5. The Hall–Kier alpha value is -1.09. The number of amides is 1. The second-order valence-corrected chi connectivity index (χ2v) is 5.86. The van der Waals surface area contributed by atoms with E-state index in [1.54, 1.807) is 12.1 Å². The molecule has 0 aromatic carbocycles. The van der Waals surface area contributed by atoms with Gasteiger partial charge in [0.1, 0.15) is 5.15 Å². The number of nitrogens with zero attached hydrogens (tertiary/aromatic N) is 2. The van der Waals surface area contributed by atoms with Crippen LogP contribution in [0, 0.1) is 18.8 Å². The number of pyridine rings is 1. The number of piperidine rings is 1. The van der Waals surface area contributed by atoms with E-state index in [-0.39, 0.29) is 5.91 Å². The summed E-state index contributed by atoms with van der Waals surface area (Å²) in [5.41, 5.74) is 1.43. The maximum Gasteiger partial charge on any atom is 0.254 e. The van der Waals surface area contributed by atoms with Crippen molar-refractivity contribution in [3.63, 3.8) is 0 Å². The maximum absolute atomic E-state index is 12.4. The molecular weight excluding hydrogens is 248 g/mol. The second-order valence-electron chi connectivity index (χ2n) is 5.48.